The molecule has 3 rings (SSSR count). The molecule has 1 aromatic rings. The summed E-state index contributed by atoms with van der Waals surface area (Å²) in [6, 6.07) is 7.19. The van der Waals surface area contributed by atoms with Crippen molar-refractivity contribution in [2.24, 2.45) is 0 Å². The van der Waals surface area contributed by atoms with Crippen LogP contribution in [0.3, 0.4) is 0 Å². The third-order valence-electron chi connectivity index (χ3n) is 5.82. The highest BCUT2D eigenvalue weighted by atomic mass is 35.5. The Labute approximate surface area is 167 Å². The number of hydrogen-bond donors (Lipinski definition) is 1. The first-order valence-electron chi connectivity index (χ1n) is 10.1. The van der Waals surface area contributed by atoms with E-state index in [-0.39, 0.29) is 17.9 Å². The first kappa shape index (κ1) is 20.2. The van der Waals surface area contributed by atoms with Crippen LogP contribution in [0.25, 0.3) is 0 Å². The van der Waals surface area contributed by atoms with Gasteiger partial charge in [-0.3, -0.25) is 14.5 Å². The lowest BCUT2D eigenvalue weighted by Gasteiger charge is -2.37. The van der Waals surface area contributed by atoms with Crippen LogP contribution in [0.5, 0.6) is 0 Å². The van der Waals surface area contributed by atoms with E-state index in [0.29, 0.717) is 29.7 Å². The molecular formula is C21H30ClN3O2. The number of rotatable bonds is 4. The third kappa shape index (κ3) is 5.45. The number of nitrogens with zero attached hydrogens (tertiary/aromatic N) is 2. The number of carbonyl (C=O) groups is 2. The molecule has 1 aliphatic heterocycles. The molecule has 0 spiro atoms. The van der Waals surface area contributed by atoms with Crippen molar-refractivity contribution in [2.75, 3.05) is 26.2 Å². The number of amides is 2. The van der Waals surface area contributed by atoms with E-state index in [0.717, 1.165) is 25.9 Å². The minimum Gasteiger partial charge on any atom is -0.352 e. The molecule has 2 aliphatic rings. The summed E-state index contributed by atoms with van der Waals surface area (Å²) in [5.74, 6) is 0.154. The summed E-state index contributed by atoms with van der Waals surface area (Å²) in [7, 11) is 0. The van der Waals surface area contributed by atoms with Gasteiger partial charge < -0.3 is 10.2 Å². The molecule has 0 aromatic heterocycles. The van der Waals surface area contributed by atoms with Crippen molar-refractivity contribution >= 4 is 23.4 Å². The van der Waals surface area contributed by atoms with Gasteiger partial charge in [-0.25, -0.2) is 0 Å². The Balaban J connectivity index is 1.48. The highest BCUT2D eigenvalue weighted by Crippen LogP contribution is 2.18. The second-order valence-corrected chi connectivity index (χ2v) is 8.14. The second kappa shape index (κ2) is 9.56. The van der Waals surface area contributed by atoms with Crippen LogP contribution in [0.1, 0.15) is 55.8 Å². The maximum absolute atomic E-state index is 12.6. The van der Waals surface area contributed by atoms with Crippen LogP contribution >= 0.6 is 11.6 Å². The average Bonchev–Trinajstić information content (AvgIpc) is 2.96. The van der Waals surface area contributed by atoms with Crippen LogP contribution in [0.15, 0.2) is 24.3 Å². The molecule has 1 saturated carbocycles. The van der Waals surface area contributed by atoms with Crippen LogP contribution < -0.4 is 5.32 Å². The molecule has 1 aliphatic carbocycles. The van der Waals surface area contributed by atoms with Crippen LogP contribution in [-0.4, -0.2) is 59.9 Å². The quantitative estimate of drug-likeness (QED) is 0.801. The summed E-state index contributed by atoms with van der Waals surface area (Å²) < 4.78 is 0. The third-order valence-corrected chi connectivity index (χ3v) is 6.07. The predicted octanol–water partition coefficient (Wildman–Crippen LogP) is 3.33. The summed E-state index contributed by atoms with van der Waals surface area (Å²) in [5, 5.41) is 3.88. The van der Waals surface area contributed by atoms with Gasteiger partial charge in [0.15, 0.2) is 0 Å². The lowest BCUT2D eigenvalue weighted by molar-refractivity contribution is -0.127. The summed E-state index contributed by atoms with van der Waals surface area (Å²) in [5.41, 5.74) is 0.659. The van der Waals surface area contributed by atoms with E-state index in [1.807, 2.05) is 11.8 Å². The molecule has 0 unspecified atom stereocenters. The van der Waals surface area contributed by atoms with E-state index in [4.69, 9.17) is 11.6 Å². The number of benzene rings is 1. The Kier molecular flexibility index (Phi) is 7.13. The first-order chi connectivity index (χ1) is 13.0. The van der Waals surface area contributed by atoms with E-state index in [1.165, 1.54) is 25.7 Å². The van der Waals surface area contributed by atoms with Crippen molar-refractivity contribution in [3.8, 4) is 0 Å². The Morgan fingerprint density at radius 1 is 1.00 bits per heavy atom. The molecule has 148 valence electrons. The average molecular weight is 392 g/mol. The van der Waals surface area contributed by atoms with Gasteiger partial charge in [-0.05, 0) is 44.0 Å². The minimum atomic E-state index is -0.152. The zero-order valence-corrected chi connectivity index (χ0v) is 16.9. The fourth-order valence-corrected chi connectivity index (χ4v) is 4.12. The van der Waals surface area contributed by atoms with E-state index in [1.54, 1.807) is 24.3 Å². The zero-order valence-electron chi connectivity index (χ0n) is 16.1. The van der Waals surface area contributed by atoms with E-state index in [2.05, 4.69) is 10.2 Å². The predicted molar refractivity (Wildman–Crippen MR) is 108 cm³/mol. The van der Waals surface area contributed by atoms with Gasteiger partial charge in [0, 0.05) is 42.8 Å². The lowest BCUT2D eigenvalue weighted by atomic mass is 10.1. The van der Waals surface area contributed by atoms with Crippen LogP contribution in [0, 0.1) is 0 Å². The molecule has 1 saturated heterocycles. The largest absolute Gasteiger partial charge is 0.352 e. The van der Waals surface area contributed by atoms with E-state index < -0.39 is 0 Å². The molecule has 27 heavy (non-hydrogen) atoms. The lowest BCUT2D eigenvalue weighted by Crippen LogP contribution is -2.55. The van der Waals surface area contributed by atoms with Gasteiger partial charge in [-0.15, -0.1) is 0 Å². The summed E-state index contributed by atoms with van der Waals surface area (Å²) >= 11 is 5.90. The molecule has 1 heterocycles. The Morgan fingerprint density at radius 3 is 2.19 bits per heavy atom. The Hall–Kier alpha value is -1.59. The number of hydrogen-bond acceptors (Lipinski definition) is 3. The van der Waals surface area contributed by atoms with Crippen molar-refractivity contribution < 1.29 is 9.59 Å². The van der Waals surface area contributed by atoms with E-state index in [9.17, 15) is 9.59 Å². The van der Waals surface area contributed by atoms with Crippen LogP contribution in [0.2, 0.25) is 5.02 Å². The topological polar surface area (TPSA) is 52.7 Å². The standard InChI is InChI=1S/C21H30ClN3O2/c1-16(20(26)23-19-6-4-2-3-5-7-19)24-12-14-25(15-13-24)21(27)17-8-10-18(22)11-9-17/h8-11,16,19H,2-7,12-15H2,1H3,(H,23,26)/t16-/m1/s1. The fourth-order valence-electron chi connectivity index (χ4n) is 4.00. The summed E-state index contributed by atoms with van der Waals surface area (Å²) in [4.78, 5) is 29.3. The zero-order chi connectivity index (χ0) is 19.2. The highest BCUT2D eigenvalue weighted by Gasteiger charge is 2.29. The number of halogens is 1. The number of nitrogens with one attached hydrogen (secondary N) is 1. The summed E-state index contributed by atoms with van der Waals surface area (Å²) in [6.45, 7) is 4.70. The SMILES string of the molecule is C[C@H](C(=O)NC1CCCCCC1)N1CCN(C(=O)c2ccc(Cl)cc2)CC1. The van der Waals surface area contributed by atoms with Gasteiger partial charge in [0.05, 0.1) is 6.04 Å². The molecule has 1 N–H and O–H groups in total. The minimum absolute atomic E-state index is 0.0295. The molecule has 2 amide bonds. The fraction of sp³-hybridized carbons (Fsp3) is 0.619. The molecule has 1 aromatic carbocycles. The molecule has 1 atom stereocenters. The van der Waals surface area contributed by atoms with Gasteiger partial charge in [0.1, 0.15) is 0 Å². The van der Waals surface area contributed by atoms with Crippen LogP contribution in [-0.2, 0) is 4.79 Å². The maximum atomic E-state index is 12.6. The van der Waals surface area contributed by atoms with Crippen molar-refractivity contribution in [2.45, 2.75) is 57.5 Å². The maximum Gasteiger partial charge on any atom is 0.253 e. The Bertz CT molecular complexity index is 633. The molecule has 2 fully saturated rings. The smallest absolute Gasteiger partial charge is 0.253 e. The molecule has 0 bridgehead atoms. The van der Waals surface area contributed by atoms with Crippen molar-refractivity contribution in [3.63, 3.8) is 0 Å². The normalized spacial score (nSPS) is 20.7. The highest BCUT2D eigenvalue weighted by molar-refractivity contribution is 6.30. The van der Waals surface area contributed by atoms with Gasteiger partial charge in [-0.2, -0.15) is 0 Å². The molecule has 6 heteroatoms. The van der Waals surface area contributed by atoms with Gasteiger partial charge in [0.2, 0.25) is 5.91 Å². The first-order valence-corrected chi connectivity index (χ1v) is 10.5. The molecule has 0 radical (unpaired) electrons. The molecular weight excluding hydrogens is 362 g/mol. The number of piperazine rings is 1. The van der Waals surface area contributed by atoms with Gasteiger partial charge in [0.25, 0.3) is 5.91 Å². The van der Waals surface area contributed by atoms with Gasteiger partial charge >= 0.3 is 0 Å². The van der Waals surface area contributed by atoms with Crippen molar-refractivity contribution in [1.82, 2.24) is 15.1 Å². The van der Waals surface area contributed by atoms with Crippen molar-refractivity contribution in [3.05, 3.63) is 34.9 Å². The second-order valence-electron chi connectivity index (χ2n) is 7.71. The van der Waals surface area contributed by atoms with Gasteiger partial charge in [-0.1, -0.05) is 37.3 Å². The summed E-state index contributed by atoms with van der Waals surface area (Å²) in [6.07, 6.45) is 7.19. The Morgan fingerprint density at radius 2 is 1.59 bits per heavy atom. The number of carbonyl (C=O) groups excluding carboxylic acids is 2. The van der Waals surface area contributed by atoms with Crippen LogP contribution in [0.4, 0.5) is 0 Å². The molecule has 5 nitrogen and oxygen atoms in total. The monoisotopic (exact) mass is 391 g/mol. The van der Waals surface area contributed by atoms with E-state index >= 15 is 0 Å². The van der Waals surface area contributed by atoms with Crippen molar-refractivity contribution in [1.29, 1.82) is 0 Å².